The summed E-state index contributed by atoms with van der Waals surface area (Å²) in [7, 11) is 0. The number of fused-ring (bicyclic) bond motifs is 1. The molecule has 3 unspecified atom stereocenters. The van der Waals surface area contributed by atoms with Crippen LogP contribution in [0.15, 0.2) is 11.4 Å². The van der Waals surface area contributed by atoms with Crippen molar-refractivity contribution in [1.29, 1.82) is 0 Å². The molecule has 1 heterocycles. The van der Waals surface area contributed by atoms with Crippen LogP contribution in [0.25, 0.3) is 0 Å². The predicted octanol–water partition coefficient (Wildman–Crippen LogP) is 3.45. The standard InChI is InChI=1S/C11H14ClNS/c12-9-1-2-14-11(9)10(13)8-4-6-3-7(6)5-8/h1-2,6-8,10H,3-5,13H2. The molecule has 2 fully saturated rings. The lowest BCUT2D eigenvalue weighted by molar-refractivity contribution is 0.408. The summed E-state index contributed by atoms with van der Waals surface area (Å²) in [5, 5.41) is 2.90. The maximum Gasteiger partial charge on any atom is 0.0561 e. The van der Waals surface area contributed by atoms with Gasteiger partial charge >= 0.3 is 0 Å². The Labute approximate surface area is 93.3 Å². The third-order valence-corrected chi connectivity index (χ3v) is 5.20. The summed E-state index contributed by atoms with van der Waals surface area (Å²) < 4.78 is 0. The summed E-state index contributed by atoms with van der Waals surface area (Å²) in [6.07, 6.45) is 4.13. The fraction of sp³-hybridized carbons (Fsp3) is 0.636. The van der Waals surface area contributed by atoms with Gasteiger partial charge < -0.3 is 5.73 Å². The molecule has 14 heavy (non-hydrogen) atoms. The van der Waals surface area contributed by atoms with Crippen molar-refractivity contribution in [2.75, 3.05) is 0 Å². The van der Waals surface area contributed by atoms with Crippen molar-refractivity contribution in [3.8, 4) is 0 Å². The van der Waals surface area contributed by atoms with Crippen molar-refractivity contribution in [3.63, 3.8) is 0 Å². The van der Waals surface area contributed by atoms with E-state index in [1.807, 2.05) is 11.4 Å². The second-order valence-electron chi connectivity index (χ2n) is 4.65. The summed E-state index contributed by atoms with van der Waals surface area (Å²) in [5.41, 5.74) is 6.25. The van der Waals surface area contributed by atoms with Crippen LogP contribution >= 0.6 is 22.9 Å². The van der Waals surface area contributed by atoms with Crippen LogP contribution in [-0.4, -0.2) is 0 Å². The first kappa shape index (κ1) is 9.20. The molecular weight excluding hydrogens is 214 g/mol. The first-order valence-corrected chi connectivity index (χ1v) is 6.50. The zero-order chi connectivity index (χ0) is 9.71. The monoisotopic (exact) mass is 227 g/mol. The molecule has 2 aliphatic rings. The van der Waals surface area contributed by atoms with E-state index < -0.39 is 0 Å². The van der Waals surface area contributed by atoms with Gasteiger partial charge in [0.1, 0.15) is 0 Å². The van der Waals surface area contributed by atoms with E-state index in [1.54, 1.807) is 11.3 Å². The van der Waals surface area contributed by atoms with Crippen molar-refractivity contribution in [2.24, 2.45) is 23.5 Å². The molecule has 0 radical (unpaired) electrons. The van der Waals surface area contributed by atoms with Crippen LogP contribution < -0.4 is 5.73 Å². The Hall–Kier alpha value is -0.0500. The number of nitrogens with two attached hydrogens (primary N) is 1. The van der Waals surface area contributed by atoms with Crippen LogP contribution in [0.5, 0.6) is 0 Å². The van der Waals surface area contributed by atoms with Crippen molar-refractivity contribution in [1.82, 2.24) is 0 Å². The minimum atomic E-state index is 0.190. The van der Waals surface area contributed by atoms with E-state index in [1.165, 1.54) is 24.1 Å². The molecule has 3 heteroatoms. The highest BCUT2D eigenvalue weighted by atomic mass is 35.5. The Morgan fingerprint density at radius 2 is 2.07 bits per heavy atom. The van der Waals surface area contributed by atoms with Gasteiger partial charge in [0.25, 0.3) is 0 Å². The third-order valence-electron chi connectivity index (χ3n) is 3.74. The predicted molar refractivity (Wildman–Crippen MR) is 60.6 cm³/mol. The molecule has 0 amide bonds. The molecule has 2 aliphatic carbocycles. The number of thiophene rings is 1. The molecule has 0 aliphatic heterocycles. The fourth-order valence-corrected chi connectivity index (χ4v) is 4.09. The number of hydrogen-bond acceptors (Lipinski definition) is 2. The van der Waals surface area contributed by atoms with Gasteiger partial charge in [-0.1, -0.05) is 11.6 Å². The molecule has 1 aromatic heterocycles. The maximum atomic E-state index is 6.25. The van der Waals surface area contributed by atoms with Gasteiger partial charge in [0, 0.05) is 10.9 Å². The second kappa shape index (κ2) is 3.22. The van der Waals surface area contributed by atoms with E-state index in [9.17, 15) is 0 Å². The van der Waals surface area contributed by atoms with Gasteiger partial charge in [0.15, 0.2) is 0 Å². The molecule has 0 aromatic carbocycles. The molecule has 0 saturated heterocycles. The summed E-state index contributed by atoms with van der Waals surface area (Å²) in [5.74, 6) is 2.70. The SMILES string of the molecule is NC(c1sccc1Cl)C1CC2CC2C1. The van der Waals surface area contributed by atoms with Gasteiger partial charge in [-0.3, -0.25) is 0 Å². The van der Waals surface area contributed by atoms with E-state index >= 15 is 0 Å². The van der Waals surface area contributed by atoms with Crippen LogP contribution in [0.3, 0.4) is 0 Å². The number of rotatable bonds is 2. The summed E-state index contributed by atoms with van der Waals surface area (Å²) >= 11 is 7.79. The Morgan fingerprint density at radius 3 is 2.64 bits per heavy atom. The number of hydrogen-bond donors (Lipinski definition) is 1. The first-order chi connectivity index (χ1) is 6.75. The highest BCUT2D eigenvalue weighted by molar-refractivity contribution is 7.10. The van der Waals surface area contributed by atoms with Crippen molar-refractivity contribution >= 4 is 22.9 Å². The van der Waals surface area contributed by atoms with Gasteiger partial charge in [-0.2, -0.15) is 0 Å². The van der Waals surface area contributed by atoms with Crippen LogP contribution in [0.2, 0.25) is 5.02 Å². The highest BCUT2D eigenvalue weighted by Crippen LogP contribution is 2.57. The van der Waals surface area contributed by atoms with Crippen molar-refractivity contribution < 1.29 is 0 Å². The zero-order valence-electron chi connectivity index (χ0n) is 7.95. The average molecular weight is 228 g/mol. The lowest BCUT2D eigenvalue weighted by Gasteiger charge is -2.19. The normalized spacial score (nSPS) is 36.9. The zero-order valence-corrected chi connectivity index (χ0v) is 9.52. The lowest BCUT2D eigenvalue weighted by atomic mass is 9.94. The lowest BCUT2D eigenvalue weighted by Crippen LogP contribution is -2.19. The van der Waals surface area contributed by atoms with Gasteiger partial charge in [0.2, 0.25) is 0 Å². The Kier molecular flexibility index (Phi) is 2.12. The minimum absolute atomic E-state index is 0.190. The van der Waals surface area contributed by atoms with E-state index in [0.717, 1.165) is 16.9 Å². The smallest absolute Gasteiger partial charge is 0.0561 e. The molecule has 1 nitrogen and oxygen atoms in total. The quantitative estimate of drug-likeness (QED) is 0.823. The second-order valence-corrected chi connectivity index (χ2v) is 6.00. The van der Waals surface area contributed by atoms with Gasteiger partial charge in [-0.15, -0.1) is 11.3 Å². The largest absolute Gasteiger partial charge is 0.323 e. The van der Waals surface area contributed by atoms with Gasteiger partial charge in [-0.25, -0.2) is 0 Å². The molecule has 3 rings (SSSR count). The van der Waals surface area contributed by atoms with Crippen molar-refractivity contribution in [2.45, 2.75) is 25.3 Å². The summed E-state index contributed by atoms with van der Waals surface area (Å²) in [4.78, 5) is 1.19. The van der Waals surface area contributed by atoms with E-state index in [4.69, 9.17) is 17.3 Å². The summed E-state index contributed by atoms with van der Waals surface area (Å²) in [6, 6.07) is 2.15. The van der Waals surface area contributed by atoms with E-state index in [-0.39, 0.29) is 6.04 Å². The minimum Gasteiger partial charge on any atom is -0.323 e. The van der Waals surface area contributed by atoms with Crippen molar-refractivity contribution in [3.05, 3.63) is 21.3 Å². The molecule has 2 N–H and O–H groups in total. The van der Waals surface area contributed by atoms with Gasteiger partial charge in [-0.05, 0) is 48.5 Å². The van der Waals surface area contributed by atoms with Crippen LogP contribution in [0.1, 0.15) is 30.2 Å². The van der Waals surface area contributed by atoms with E-state index in [2.05, 4.69) is 0 Å². The van der Waals surface area contributed by atoms with Crippen LogP contribution in [0, 0.1) is 17.8 Å². The van der Waals surface area contributed by atoms with E-state index in [0.29, 0.717) is 5.92 Å². The molecule has 1 aromatic rings. The average Bonchev–Trinajstić information content (AvgIpc) is 2.64. The maximum absolute atomic E-state index is 6.25. The number of halogens is 1. The Bertz CT molecular complexity index is 339. The molecule has 2 saturated carbocycles. The molecule has 76 valence electrons. The summed E-state index contributed by atoms with van der Waals surface area (Å²) in [6.45, 7) is 0. The Morgan fingerprint density at radius 1 is 1.36 bits per heavy atom. The van der Waals surface area contributed by atoms with Crippen LogP contribution in [0.4, 0.5) is 0 Å². The van der Waals surface area contributed by atoms with Gasteiger partial charge in [0.05, 0.1) is 5.02 Å². The molecule has 0 spiro atoms. The Balaban J connectivity index is 1.76. The topological polar surface area (TPSA) is 26.0 Å². The van der Waals surface area contributed by atoms with Crippen LogP contribution in [-0.2, 0) is 0 Å². The molecular formula is C11H14ClNS. The first-order valence-electron chi connectivity index (χ1n) is 5.24. The third kappa shape index (κ3) is 1.40. The molecule has 0 bridgehead atoms. The molecule has 3 atom stereocenters. The highest BCUT2D eigenvalue weighted by Gasteiger charge is 2.47. The fourth-order valence-electron chi connectivity index (χ4n) is 2.81.